The Morgan fingerprint density at radius 2 is 1.90 bits per heavy atom. The van der Waals surface area contributed by atoms with Gasteiger partial charge >= 0.3 is 0 Å². The predicted octanol–water partition coefficient (Wildman–Crippen LogP) is 2.65. The van der Waals surface area contributed by atoms with Gasteiger partial charge in [-0.3, -0.25) is 9.20 Å². The summed E-state index contributed by atoms with van der Waals surface area (Å²) in [6, 6.07) is 8.14. The topological polar surface area (TPSA) is 59.3 Å². The lowest BCUT2D eigenvalue weighted by Crippen LogP contribution is -2.22. The molecule has 108 valence electrons. The number of fused-ring (bicyclic) bond motifs is 1. The highest BCUT2D eigenvalue weighted by Gasteiger charge is 2.18. The number of benzene rings is 1. The summed E-state index contributed by atoms with van der Waals surface area (Å²) in [5.41, 5.74) is 3.19. The SMILES string of the molecule is Cc1ccc(CNC(=O)c2sc3nnc(C)n3c2C)cc1. The molecule has 0 bridgehead atoms. The van der Waals surface area contributed by atoms with Crippen molar-refractivity contribution < 1.29 is 4.79 Å². The Hall–Kier alpha value is -2.21. The summed E-state index contributed by atoms with van der Waals surface area (Å²) in [6.45, 7) is 6.37. The minimum Gasteiger partial charge on any atom is -0.347 e. The number of nitrogens with zero attached hydrogens (tertiary/aromatic N) is 3. The molecule has 21 heavy (non-hydrogen) atoms. The third-order valence-corrected chi connectivity index (χ3v) is 4.56. The van der Waals surface area contributed by atoms with E-state index in [4.69, 9.17) is 0 Å². The highest BCUT2D eigenvalue weighted by molar-refractivity contribution is 7.19. The first-order valence-electron chi connectivity index (χ1n) is 6.71. The van der Waals surface area contributed by atoms with E-state index in [0.29, 0.717) is 11.4 Å². The van der Waals surface area contributed by atoms with Gasteiger partial charge in [0.05, 0.1) is 0 Å². The third kappa shape index (κ3) is 2.54. The monoisotopic (exact) mass is 300 g/mol. The first kappa shape index (κ1) is 13.8. The summed E-state index contributed by atoms with van der Waals surface area (Å²) >= 11 is 1.37. The van der Waals surface area contributed by atoms with E-state index in [1.54, 1.807) is 0 Å². The highest BCUT2D eigenvalue weighted by atomic mass is 32.1. The van der Waals surface area contributed by atoms with Crippen molar-refractivity contribution in [3.8, 4) is 0 Å². The van der Waals surface area contributed by atoms with E-state index < -0.39 is 0 Å². The summed E-state index contributed by atoms with van der Waals surface area (Å²) in [6.07, 6.45) is 0. The van der Waals surface area contributed by atoms with Crippen LogP contribution in [-0.2, 0) is 6.54 Å². The second-order valence-corrected chi connectivity index (χ2v) is 6.03. The van der Waals surface area contributed by atoms with E-state index in [0.717, 1.165) is 22.0 Å². The molecule has 0 radical (unpaired) electrons. The fourth-order valence-corrected chi connectivity index (χ4v) is 3.27. The number of carbonyl (C=O) groups is 1. The maximum Gasteiger partial charge on any atom is 0.263 e. The zero-order chi connectivity index (χ0) is 15.0. The number of hydrogen-bond acceptors (Lipinski definition) is 4. The molecule has 0 aliphatic carbocycles. The van der Waals surface area contributed by atoms with Crippen molar-refractivity contribution in [1.29, 1.82) is 0 Å². The second-order valence-electron chi connectivity index (χ2n) is 5.05. The molecule has 6 heteroatoms. The summed E-state index contributed by atoms with van der Waals surface area (Å²) in [5, 5.41) is 11.0. The average molecular weight is 300 g/mol. The molecule has 0 aliphatic rings. The molecule has 5 nitrogen and oxygen atoms in total. The van der Waals surface area contributed by atoms with Crippen LogP contribution in [0, 0.1) is 20.8 Å². The molecule has 0 atom stereocenters. The van der Waals surface area contributed by atoms with Crippen molar-refractivity contribution in [1.82, 2.24) is 19.9 Å². The molecule has 0 spiro atoms. The van der Waals surface area contributed by atoms with Crippen LogP contribution in [0.25, 0.3) is 4.96 Å². The van der Waals surface area contributed by atoms with Gasteiger partial charge in [-0.05, 0) is 26.3 Å². The van der Waals surface area contributed by atoms with Crippen molar-refractivity contribution in [3.63, 3.8) is 0 Å². The molecular formula is C15H16N4OS. The largest absolute Gasteiger partial charge is 0.347 e. The first-order valence-corrected chi connectivity index (χ1v) is 7.53. The molecule has 3 aromatic rings. The van der Waals surface area contributed by atoms with Gasteiger partial charge < -0.3 is 5.32 Å². The minimum absolute atomic E-state index is 0.0667. The molecule has 2 aromatic heterocycles. The van der Waals surface area contributed by atoms with E-state index in [1.807, 2.05) is 49.4 Å². The molecule has 0 unspecified atom stereocenters. The third-order valence-electron chi connectivity index (χ3n) is 3.43. The van der Waals surface area contributed by atoms with Gasteiger partial charge in [0, 0.05) is 12.2 Å². The number of nitrogens with one attached hydrogen (secondary N) is 1. The smallest absolute Gasteiger partial charge is 0.263 e. The van der Waals surface area contributed by atoms with Gasteiger partial charge in [0.1, 0.15) is 10.7 Å². The van der Waals surface area contributed by atoms with Gasteiger partial charge in [0.15, 0.2) is 0 Å². The molecule has 1 N–H and O–H groups in total. The Morgan fingerprint density at radius 1 is 1.19 bits per heavy atom. The summed E-state index contributed by atoms with van der Waals surface area (Å²) in [7, 11) is 0. The number of rotatable bonds is 3. The van der Waals surface area contributed by atoms with Crippen LogP contribution in [0.3, 0.4) is 0 Å². The number of hydrogen-bond donors (Lipinski definition) is 1. The molecule has 2 heterocycles. The van der Waals surface area contributed by atoms with E-state index >= 15 is 0 Å². The zero-order valence-corrected chi connectivity index (χ0v) is 13.0. The van der Waals surface area contributed by atoms with E-state index in [-0.39, 0.29) is 5.91 Å². The molecule has 1 aromatic carbocycles. The highest BCUT2D eigenvalue weighted by Crippen LogP contribution is 2.22. The lowest BCUT2D eigenvalue weighted by Gasteiger charge is -2.05. The number of aromatic nitrogens is 3. The fourth-order valence-electron chi connectivity index (χ4n) is 2.24. The van der Waals surface area contributed by atoms with Crippen LogP contribution in [0.15, 0.2) is 24.3 Å². The Balaban J connectivity index is 1.77. The normalized spacial score (nSPS) is 11.0. The van der Waals surface area contributed by atoms with Crippen molar-refractivity contribution in [2.75, 3.05) is 0 Å². The molecule has 0 aliphatic heterocycles. The minimum atomic E-state index is -0.0667. The van der Waals surface area contributed by atoms with Crippen LogP contribution in [0.1, 0.15) is 32.3 Å². The maximum absolute atomic E-state index is 12.3. The van der Waals surface area contributed by atoms with Gasteiger partial charge in [-0.15, -0.1) is 10.2 Å². The summed E-state index contributed by atoms with van der Waals surface area (Å²) in [4.78, 5) is 13.8. The fraction of sp³-hybridized carbons (Fsp3) is 0.267. The predicted molar refractivity (Wildman–Crippen MR) is 82.7 cm³/mol. The molecule has 1 amide bonds. The lowest BCUT2D eigenvalue weighted by atomic mass is 10.1. The van der Waals surface area contributed by atoms with E-state index in [2.05, 4.69) is 15.5 Å². The van der Waals surface area contributed by atoms with Gasteiger partial charge in [0.2, 0.25) is 4.96 Å². The van der Waals surface area contributed by atoms with Crippen LogP contribution in [0.4, 0.5) is 0 Å². The van der Waals surface area contributed by atoms with Gasteiger partial charge in [0.25, 0.3) is 5.91 Å². The van der Waals surface area contributed by atoms with Crippen LogP contribution in [-0.4, -0.2) is 20.5 Å². The van der Waals surface area contributed by atoms with Gasteiger partial charge in [-0.25, -0.2) is 0 Å². The van der Waals surface area contributed by atoms with Crippen molar-refractivity contribution in [2.45, 2.75) is 27.3 Å². The molecule has 0 saturated carbocycles. The first-order chi connectivity index (χ1) is 10.1. The van der Waals surface area contributed by atoms with E-state index in [1.165, 1.54) is 16.9 Å². The van der Waals surface area contributed by atoms with Crippen LogP contribution >= 0.6 is 11.3 Å². The van der Waals surface area contributed by atoms with E-state index in [9.17, 15) is 4.79 Å². The molecule has 3 rings (SSSR count). The Bertz CT molecular complexity index is 801. The quantitative estimate of drug-likeness (QED) is 0.809. The summed E-state index contributed by atoms with van der Waals surface area (Å²) < 4.78 is 1.91. The van der Waals surface area contributed by atoms with Crippen molar-refractivity contribution in [3.05, 3.63) is 51.8 Å². The lowest BCUT2D eigenvalue weighted by molar-refractivity contribution is 0.0954. The Kier molecular flexibility index (Phi) is 3.47. The van der Waals surface area contributed by atoms with Crippen LogP contribution in [0.2, 0.25) is 0 Å². The average Bonchev–Trinajstić information content (AvgIpc) is 2.99. The van der Waals surface area contributed by atoms with Gasteiger partial charge in [-0.1, -0.05) is 41.2 Å². The summed E-state index contributed by atoms with van der Waals surface area (Å²) in [5.74, 6) is 0.735. The number of aryl methyl sites for hydroxylation is 3. The number of thiazole rings is 1. The number of carbonyl (C=O) groups excluding carboxylic acids is 1. The van der Waals surface area contributed by atoms with Crippen LogP contribution < -0.4 is 5.32 Å². The standard InChI is InChI=1S/C15H16N4OS/c1-9-4-6-12(7-5-9)8-16-14(20)13-10(2)19-11(3)17-18-15(19)21-13/h4-7H,8H2,1-3H3,(H,16,20). The maximum atomic E-state index is 12.3. The van der Waals surface area contributed by atoms with Crippen molar-refractivity contribution in [2.24, 2.45) is 0 Å². The molecule has 0 saturated heterocycles. The molecular weight excluding hydrogens is 284 g/mol. The van der Waals surface area contributed by atoms with Gasteiger partial charge in [-0.2, -0.15) is 0 Å². The van der Waals surface area contributed by atoms with Crippen LogP contribution in [0.5, 0.6) is 0 Å². The second kappa shape index (κ2) is 5.29. The van der Waals surface area contributed by atoms with Crippen molar-refractivity contribution >= 4 is 22.2 Å². The molecule has 0 fully saturated rings. The zero-order valence-electron chi connectivity index (χ0n) is 12.2. The Morgan fingerprint density at radius 3 is 2.57 bits per heavy atom. The number of amides is 1. The Labute approximate surface area is 126 Å².